The van der Waals surface area contributed by atoms with Crippen molar-refractivity contribution in [3.8, 4) is 0 Å². The van der Waals surface area contributed by atoms with Crippen LogP contribution in [0, 0.1) is 6.92 Å². The molecule has 0 saturated heterocycles. The molecule has 3 aromatic rings. The molecule has 0 aromatic carbocycles. The van der Waals surface area contributed by atoms with E-state index in [1.165, 1.54) is 23.6 Å². The van der Waals surface area contributed by atoms with Gasteiger partial charge in [-0.25, -0.2) is 4.99 Å². The number of nitrogens with two attached hydrogens (primary N) is 2. The molecule has 0 atom stereocenters. The first-order chi connectivity index (χ1) is 13.9. The van der Waals surface area contributed by atoms with Crippen molar-refractivity contribution >= 4 is 39.1 Å². The second-order valence-corrected chi connectivity index (χ2v) is 8.05. The average Bonchev–Trinajstić information content (AvgIpc) is 3.06. The van der Waals surface area contributed by atoms with Gasteiger partial charge in [0.15, 0.2) is 5.58 Å². The number of thiophene rings is 1. The van der Waals surface area contributed by atoms with Crippen LogP contribution in [0.3, 0.4) is 0 Å². The van der Waals surface area contributed by atoms with E-state index in [0.717, 1.165) is 36.1 Å². The highest BCUT2D eigenvalue weighted by Crippen LogP contribution is 2.39. The van der Waals surface area contributed by atoms with E-state index in [1.807, 2.05) is 0 Å². The molecular formula is C20H20N4O4S. The Kier molecular flexibility index (Phi) is 4.93. The van der Waals surface area contributed by atoms with Gasteiger partial charge in [0.25, 0.3) is 11.8 Å². The van der Waals surface area contributed by atoms with Crippen LogP contribution in [0.2, 0.25) is 0 Å². The second kappa shape index (κ2) is 7.41. The van der Waals surface area contributed by atoms with E-state index in [4.69, 9.17) is 15.9 Å². The number of aryl methyl sites for hydroxylation is 2. The van der Waals surface area contributed by atoms with Crippen LogP contribution in [-0.2, 0) is 19.4 Å². The summed E-state index contributed by atoms with van der Waals surface area (Å²) in [6.45, 7) is 1.48. The number of carbonyl (C=O) groups is 2. The molecule has 5 N–H and O–H groups in total. The van der Waals surface area contributed by atoms with Crippen LogP contribution >= 0.6 is 11.3 Å². The van der Waals surface area contributed by atoms with Crippen molar-refractivity contribution in [1.82, 2.24) is 4.98 Å². The number of aliphatic hydroxyl groups excluding tert-OH is 1. The molecule has 8 nitrogen and oxygen atoms in total. The van der Waals surface area contributed by atoms with Crippen LogP contribution in [0.5, 0.6) is 0 Å². The second-order valence-electron chi connectivity index (χ2n) is 6.97. The fourth-order valence-electron chi connectivity index (χ4n) is 3.65. The number of nitrogens with zero attached hydrogens (tertiary/aromatic N) is 2. The number of hydrogen-bond acceptors (Lipinski definition) is 7. The number of rotatable bonds is 4. The van der Waals surface area contributed by atoms with Gasteiger partial charge in [0.05, 0.1) is 17.9 Å². The Labute approximate surface area is 169 Å². The molecule has 0 radical (unpaired) electrons. The number of aliphatic hydroxyl groups is 1. The predicted molar refractivity (Wildman–Crippen MR) is 108 cm³/mol. The van der Waals surface area contributed by atoms with E-state index in [1.54, 1.807) is 6.92 Å². The lowest BCUT2D eigenvalue weighted by Gasteiger charge is -2.10. The molecule has 29 heavy (non-hydrogen) atoms. The van der Waals surface area contributed by atoms with Gasteiger partial charge in [0.2, 0.25) is 5.55 Å². The fraction of sp³-hybridized carbons (Fsp3) is 0.300. The van der Waals surface area contributed by atoms with Crippen molar-refractivity contribution in [3.63, 3.8) is 0 Å². The first-order valence-corrected chi connectivity index (χ1v) is 10.0. The Morgan fingerprint density at radius 3 is 2.72 bits per heavy atom. The summed E-state index contributed by atoms with van der Waals surface area (Å²) in [5.74, 6) is -1.28. The van der Waals surface area contributed by atoms with Gasteiger partial charge >= 0.3 is 0 Å². The van der Waals surface area contributed by atoms with Gasteiger partial charge in [-0.2, -0.15) is 0 Å². The molecule has 0 unspecified atom stereocenters. The van der Waals surface area contributed by atoms with E-state index >= 15 is 0 Å². The highest BCUT2D eigenvalue weighted by atomic mass is 32.1. The number of carbonyl (C=O) groups excluding carboxylic acids is 2. The summed E-state index contributed by atoms with van der Waals surface area (Å²) >= 11 is 1.39. The molecule has 0 bridgehead atoms. The van der Waals surface area contributed by atoms with Crippen molar-refractivity contribution in [2.45, 2.75) is 39.2 Å². The predicted octanol–water partition coefficient (Wildman–Crippen LogP) is 2.00. The summed E-state index contributed by atoms with van der Waals surface area (Å²) in [5.41, 5.74) is 14.0. The van der Waals surface area contributed by atoms with E-state index < -0.39 is 11.8 Å². The molecule has 0 spiro atoms. The van der Waals surface area contributed by atoms with Crippen molar-refractivity contribution in [3.05, 3.63) is 50.6 Å². The smallest absolute Gasteiger partial charge is 0.254 e. The SMILES string of the molecule is Cc1ncc(CO)c2cc(C(N)=O)c(=Nc3sc4c(c3C(N)=O)CCCC4)oc12. The minimum atomic E-state index is -0.727. The standard InChI is InChI=1S/C20H20N4O4S/c1-9-16-12(10(8-25)7-23-9)6-13(17(21)26)19(28-16)24-20-15(18(22)27)11-4-2-3-5-14(11)29-20/h6-7,25H,2-5,8H2,1H3,(H2,21,26)(H2,22,27). The highest BCUT2D eigenvalue weighted by Gasteiger charge is 2.24. The third kappa shape index (κ3) is 3.32. The molecule has 9 heteroatoms. The zero-order valence-corrected chi connectivity index (χ0v) is 16.6. The normalized spacial score (nSPS) is 14.2. The van der Waals surface area contributed by atoms with Crippen LogP contribution in [-0.4, -0.2) is 21.9 Å². The third-order valence-electron chi connectivity index (χ3n) is 5.09. The van der Waals surface area contributed by atoms with Gasteiger partial charge < -0.3 is 21.0 Å². The Hall–Kier alpha value is -3.04. The number of fused-ring (bicyclic) bond motifs is 2. The molecule has 3 aromatic heterocycles. The molecule has 3 heterocycles. The Morgan fingerprint density at radius 1 is 1.28 bits per heavy atom. The molecule has 2 amide bonds. The number of hydrogen-bond donors (Lipinski definition) is 3. The lowest BCUT2D eigenvalue weighted by atomic mass is 9.95. The maximum Gasteiger partial charge on any atom is 0.254 e. The van der Waals surface area contributed by atoms with Crippen molar-refractivity contribution < 1.29 is 19.1 Å². The van der Waals surface area contributed by atoms with Crippen LogP contribution in [0.4, 0.5) is 5.00 Å². The van der Waals surface area contributed by atoms with Gasteiger partial charge in [0.1, 0.15) is 10.6 Å². The number of amides is 2. The van der Waals surface area contributed by atoms with Gasteiger partial charge in [-0.1, -0.05) is 0 Å². The van der Waals surface area contributed by atoms with E-state index in [9.17, 15) is 14.7 Å². The number of primary amides is 2. The van der Waals surface area contributed by atoms with Crippen molar-refractivity contribution in [1.29, 1.82) is 0 Å². The summed E-state index contributed by atoms with van der Waals surface area (Å²) in [4.78, 5) is 34.0. The van der Waals surface area contributed by atoms with E-state index in [2.05, 4.69) is 9.98 Å². The molecule has 150 valence electrons. The molecule has 0 fully saturated rings. The summed E-state index contributed by atoms with van der Waals surface area (Å²) < 4.78 is 5.91. The molecule has 0 saturated carbocycles. The summed E-state index contributed by atoms with van der Waals surface area (Å²) in [6.07, 6.45) is 5.21. The Morgan fingerprint density at radius 2 is 2.03 bits per heavy atom. The zero-order chi connectivity index (χ0) is 20.7. The monoisotopic (exact) mass is 412 g/mol. The topological polar surface area (TPSA) is 145 Å². The van der Waals surface area contributed by atoms with Gasteiger partial charge in [-0.15, -0.1) is 11.3 Å². The molecule has 4 rings (SSSR count). The van der Waals surface area contributed by atoms with E-state index in [0.29, 0.717) is 32.8 Å². The Balaban J connectivity index is 2.04. The Bertz CT molecular complexity index is 1230. The van der Waals surface area contributed by atoms with Crippen molar-refractivity contribution in [2.24, 2.45) is 16.5 Å². The molecular weight excluding hydrogens is 392 g/mol. The van der Waals surface area contributed by atoms with Crippen LogP contribution < -0.4 is 17.0 Å². The lowest BCUT2D eigenvalue weighted by Crippen LogP contribution is -2.22. The maximum atomic E-state index is 12.1. The van der Waals surface area contributed by atoms with Gasteiger partial charge in [-0.3, -0.25) is 14.6 Å². The van der Waals surface area contributed by atoms with Gasteiger partial charge in [0, 0.05) is 22.0 Å². The van der Waals surface area contributed by atoms with Crippen LogP contribution in [0.1, 0.15) is 55.3 Å². The van der Waals surface area contributed by atoms with Gasteiger partial charge in [-0.05, 0) is 44.2 Å². The largest absolute Gasteiger partial charge is 0.436 e. The number of pyridine rings is 1. The lowest BCUT2D eigenvalue weighted by molar-refractivity contribution is 0.0990. The molecule has 1 aliphatic rings. The van der Waals surface area contributed by atoms with Crippen LogP contribution in [0.25, 0.3) is 11.0 Å². The first kappa shape index (κ1) is 19.3. The first-order valence-electron chi connectivity index (χ1n) is 9.22. The third-order valence-corrected chi connectivity index (χ3v) is 6.27. The quantitative estimate of drug-likeness (QED) is 0.600. The number of aromatic nitrogens is 1. The minimum absolute atomic E-state index is 0.00825. The average molecular weight is 412 g/mol. The fourth-order valence-corrected chi connectivity index (χ4v) is 4.91. The summed E-state index contributed by atoms with van der Waals surface area (Å²) in [6, 6.07) is 1.54. The van der Waals surface area contributed by atoms with E-state index in [-0.39, 0.29) is 17.7 Å². The summed E-state index contributed by atoms with van der Waals surface area (Å²) in [7, 11) is 0. The molecule has 1 aliphatic carbocycles. The zero-order valence-electron chi connectivity index (χ0n) is 15.8. The maximum absolute atomic E-state index is 12.1. The molecule has 0 aliphatic heterocycles. The van der Waals surface area contributed by atoms with Crippen molar-refractivity contribution in [2.75, 3.05) is 0 Å². The highest BCUT2D eigenvalue weighted by molar-refractivity contribution is 7.16. The minimum Gasteiger partial charge on any atom is -0.436 e. The van der Waals surface area contributed by atoms with Crippen LogP contribution in [0.15, 0.2) is 21.7 Å². The summed E-state index contributed by atoms with van der Waals surface area (Å²) in [5, 5.41) is 10.5.